The van der Waals surface area contributed by atoms with E-state index in [1.807, 2.05) is 60.7 Å². The summed E-state index contributed by atoms with van der Waals surface area (Å²) in [6.07, 6.45) is 0. The van der Waals surface area contributed by atoms with Crippen LogP contribution in [0.25, 0.3) is 21.7 Å². The molecule has 4 aromatic rings. The number of anilines is 1. The third-order valence-electron chi connectivity index (χ3n) is 4.53. The smallest absolute Gasteiger partial charge is 0.257 e. The number of methoxy groups -OCH3 is 2. The summed E-state index contributed by atoms with van der Waals surface area (Å²) in [5.41, 5.74) is 3.54. The van der Waals surface area contributed by atoms with Crippen molar-refractivity contribution < 1.29 is 14.3 Å². The van der Waals surface area contributed by atoms with Gasteiger partial charge in [0.15, 0.2) is 11.5 Å². The van der Waals surface area contributed by atoms with Crippen LogP contribution in [0.2, 0.25) is 0 Å². The van der Waals surface area contributed by atoms with Gasteiger partial charge < -0.3 is 9.47 Å². The summed E-state index contributed by atoms with van der Waals surface area (Å²) in [5.74, 6) is 1.01. The molecule has 1 aromatic heterocycles. The minimum atomic E-state index is -0.232. The second-order valence-corrected chi connectivity index (χ2v) is 7.36. The molecule has 30 heavy (non-hydrogen) atoms. The highest BCUT2D eigenvalue weighted by Gasteiger charge is 2.13. The highest BCUT2D eigenvalue weighted by atomic mass is 32.1. The molecule has 0 fully saturated rings. The highest BCUT2D eigenvalue weighted by molar-refractivity contribution is 7.18. The molecule has 150 valence electrons. The molecule has 1 amide bonds. The molecule has 0 aliphatic carbocycles. The number of hydrogen-bond acceptors (Lipinski definition) is 6. The van der Waals surface area contributed by atoms with Gasteiger partial charge >= 0.3 is 0 Å². The molecule has 3 aromatic carbocycles. The summed E-state index contributed by atoms with van der Waals surface area (Å²) in [7, 11) is 3.17. The van der Waals surface area contributed by atoms with E-state index in [2.05, 4.69) is 15.5 Å². The number of ether oxygens (including phenoxy) is 2. The Hall–Kier alpha value is -3.71. The number of nitrogens with one attached hydrogen (secondary N) is 1. The molecule has 0 atom stereocenters. The van der Waals surface area contributed by atoms with Gasteiger partial charge in [-0.3, -0.25) is 10.1 Å². The molecule has 4 rings (SSSR count). The largest absolute Gasteiger partial charge is 0.493 e. The zero-order valence-corrected chi connectivity index (χ0v) is 17.3. The lowest BCUT2D eigenvalue weighted by Crippen LogP contribution is -2.11. The number of nitrogens with zero attached hydrogens (tertiary/aromatic N) is 2. The summed E-state index contributed by atoms with van der Waals surface area (Å²) >= 11 is 1.29. The van der Waals surface area contributed by atoms with Gasteiger partial charge in [-0.05, 0) is 41.5 Å². The normalized spacial score (nSPS) is 10.5. The fraction of sp³-hybridized carbons (Fsp3) is 0.0870. The predicted molar refractivity (Wildman–Crippen MR) is 118 cm³/mol. The number of benzene rings is 3. The van der Waals surface area contributed by atoms with E-state index < -0.39 is 0 Å². The molecule has 6 nitrogen and oxygen atoms in total. The van der Waals surface area contributed by atoms with Crippen molar-refractivity contribution in [1.29, 1.82) is 0 Å². The van der Waals surface area contributed by atoms with Gasteiger partial charge in [0.05, 0.1) is 14.2 Å². The molecule has 1 N–H and O–H groups in total. The van der Waals surface area contributed by atoms with Crippen LogP contribution in [0.4, 0.5) is 5.13 Å². The Bertz CT molecular complexity index is 1160. The summed E-state index contributed by atoms with van der Waals surface area (Å²) < 4.78 is 10.6. The first-order valence-corrected chi connectivity index (χ1v) is 10.0. The standard InChI is InChI=1S/C23H19N3O3S/c1-28-19-13-12-18(14-20(19)29-2)22-25-26-23(30-22)24-21(27)17-10-8-16(9-11-17)15-6-4-3-5-7-15/h3-14H,1-2H3,(H,24,26,27). The molecule has 0 saturated heterocycles. The maximum absolute atomic E-state index is 12.6. The van der Waals surface area contributed by atoms with Crippen LogP contribution in [-0.4, -0.2) is 30.3 Å². The average Bonchev–Trinajstić information content (AvgIpc) is 3.27. The van der Waals surface area contributed by atoms with Gasteiger partial charge in [-0.15, -0.1) is 10.2 Å². The van der Waals surface area contributed by atoms with Crippen molar-refractivity contribution in [3.05, 3.63) is 78.4 Å². The first-order valence-electron chi connectivity index (χ1n) is 9.20. The van der Waals surface area contributed by atoms with Crippen molar-refractivity contribution in [2.24, 2.45) is 0 Å². The Morgan fingerprint density at radius 3 is 2.17 bits per heavy atom. The molecule has 0 bridgehead atoms. The average molecular weight is 417 g/mol. The van der Waals surface area contributed by atoms with Gasteiger partial charge in [-0.1, -0.05) is 53.8 Å². The molecule has 0 radical (unpaired) electrons. The van der Waals surface area contributed by atoms with E-state index in [4.69, 9.17) is 9.47 Å². The van der Waals surface area contributed by atoms with Crippen LogP contribution in [0.1, 0.15) is 10.4 Å². The lowest BCUT2D eigenvalue weighted by atomic mass is 10.0. The molecule has 0 aliphatic heterocycles. The second-order valence-electron chi connectivity index (χ2n) is 6.38. The van der Waals surface area contributed by atoms with E-state index in [0.29, 0.717) is 27.2 Å². The molecule has 0 unspecified atom stereocenters. The highest BCUT2D eigenvalue weighted by Crippen LogP contribution is 2.34. The SMILES string of the molecule is COc1ccc(-c2nnc(NC(=O)c3ccc(-c4ccccc4)cc3)s2)cc1OC. The van der Waals surface area contributed by atoms with E-state index in [1.165, 1.54) is 11.3 Å². The van der Waals surface area contributed by atoms with E-state index in [0.717, 1.165) is 16.7 Å². The van der Waals surface area contributed by atoms with Crippen molar-refractivity contribution >= 4 is 22.4 Å². The zero-order valence-electron chi connectivity index (χ0n) is 16.5. The number of amides is 1. The van der Waals surface area contributed by atoms with Crippen molar-refractivity contribution in [1.82, 2.24) is 10.2 Å². The molecule has 0 spiro atoms. The van der Waals surface area contributed by atoms with Crippen molar-refractivity contribution in [2.45, 2.75) is 0 Å². The lowest BCUT2D eigenvalue weighted by Gasteiger charge is -2.07. The van der Waals surface area contributed by atoms with E-state index in [1.54, 1.807) is 26.4 Å². The summed E-state index contributed by atoms with van der Waals surface area (Å²) in [5, 5.41) is 12.2. The van der Waals surface area contributed by atoms with Crippen LogP contribution in [0, 0.1) is 0 Å². The molecule has 0 saturated carbocycles. The number of carbonyl (C=O) groups excluding carboxylic acids is 1. The Kier molecular flexibility index (Phi) is 5.72. The van der Waals surface area contributed by atoms with Gasteiger partial charge in [0.2, 0.25) is 5.13 Å². The lowest BCUT2D eigenvalue weighted by molar-refractivity contribution is 0.102. The van der Waals surface area contributed by atoms with Gasteiger partial charge in [-0.2, -0.15) is 0 Å². The number of hydrogen-bond donors (Lipinski definition) is 1. The van der Waals surface area contributed by atoms with Crippen LogP contribution in [0.15, 0.2) is 72.8 Å². The molecule has 0 aliphatic rings. The van der Waals surface area contributed by atoms with Crippen molar-refractivity contribution in [3.8, 4) is 33.2 Å². The Labute approximate surface area is 178 Å². The van der Waals surface area contributed by atoms with Crippen LogP contribution in [0.3, 0.4) is 0 Å². The number of aromatic nitrogens is 2. The van der Waals surface area contributed by atoms with Gasteiger partial charge in [0, 0.05) is 11.1 Å². The second kappa shape index (κ2) is 8.75. The van der Waals surface area contributed by atoms with Crippen LogP contribution in [0.5, 0.6) is 11.5 Å². The van der Waals surface area contributed by atoms with E-state index in [-0.39, 0.29) is 5.91 Å². The zero-order chi connectivity index (χ0) is 20.9. The van der Waals surface area contributed by atoms with Crippen LogP contribution < -0.4 is 14.8 Å². The number of rotatable bonds is 6. The van der Waals surface area contributed by atoms with Crippen LogP contribution in [-0.2, 0) is 0 Å². The van der Waals surface area contributed by atoms with Gasteiger partial charge in [0.1, 0.15) is 5.01 Å². The minimum absolute atomic E-state index is 0.232. The Morgan fingerprint density at radius 2 is 1.47 bits per heavy atom. The Balaban J connectivity index is 1.48. The maximum atomic E-state index is 12.6. The quantitative estimate of drug-likeness (QED) is 0.470. The van der Waals surface area contributed by atoms with Crippen LogP contribution >= 0.6 is 11.3 Å². The minimum Gasteiger partial charge on any atom is -0.493 e. The maximum Gasteiger partial charge on any atom is 0.257 e. The monoisotopic (exact) mass is 417 g/mol. The molecular formula is C23H19N3O3S. The fourth-order valence-corrected chi connectivity index (χ4v) is 3.71. The van der Waals surface area contributed by atoms with Crippen molar-refractivity contribution in [3.63, 3.8) is 0 Å². The third-order valence-corrected chi connectivity index (χ3v) is 5.42. The molecule has 7 heteroatoms. The Morgan fingerprint density at radius 1 is 0.800 bits per heavy atom. The number of carbonyl (C=O) groups is 1. The first kappa shape index (κ1) is 19.6. The topological polar surface area (TPSA) is 73.3 Å². The van der Waals surface area contributed by atoms with Crippen molar-refractivity contribution in [2.75, 3.05) is 19.5 Å². The van der Waals surface area contributed by atoms with Gasteiger partial charge in [0.25, 0.3) is 5.91 Å². The molecular weight excluding hydrogens is 398 g/mol. The summed E-state index contributed by atoms with van der Waals surface area (Å²) in [4.78, 5) is 12.6. The van der Waals surface area contributed by atoms with E-state index in [9.17, 15) is 4.79 Å². The summed E-state index contributed by atoms with van der Waals surface area (Å²) in [6.45, 7) is 0. The van der Waals surface area contributed by atoms with E-state index >= 15 is 0 Å². The first-order chi connectivity index (χ1) is 14.7. The third kappa shape index (κ3) is 4.16. The molecule has 1 heterocycles. The summed E-state index contributed by atoms with van der Waals surface area (Å²) in [6, 6.07) is 23.0. The predicted octanol–water partition coefficient (Wildman–Crippen LogP) is 5.14. The fourth-order valence-electron chi connectivity index (χ4n) is 2.97. The van der Waals surface area contributed by atoms with Gasteiger partial charge in [-0.25, -0.2) is 0 Å².